The minimum atomic E-state index is 0.150. The Balaban J connectivity index is 2.78. The van der Waals surface area contributed by atoms with Crippen LogP contribution in [-0.2, 0) is 0 Å². The van der Waals surface area contributed by atoms with Crippen LogP contribution >= 0.6 is 11.6 Å². The van der Waals surface area contributed by atoms with Gasteiger partial charge in [0.1, 0.15) is 0 Å². The van der Waals surface area contributed by atoms with Gasteiger partial charge in [-0.05, 0) is 42.9 Å². The van der Waals surface area contributed by atoms with Gasteiger partial charge in [0.05, 0.1) is 0 Å². The van der Waals surface area contributed by atoms with E-state index in [9.17, 15) is 5.11 Å². The molecule has 0 aliphatic rings. The second-order valence-electron chi connectivity index (χ2n) is 4.15. The van der Waals surface area contributed by atoms with Crippen LogP contribution in [0.1, 0.15) is 31.2 Å². The molecule has 2 unspecified atom stereocenters. The lowest BCUT2D eigenvalue weighted by Crippen LogP contribution is -2.20. The second kappa shape index (κ2) is 6.89. The van der Waals surface area contributed by atoms with Crippen LogP contribution in [0.4, 0.5) is 0 Å². The van der Waals surface area contributed by atoms with Gasteiger partial charge in [0.15, 0.2) is 0 Å². The predicted molar refractivity (Wildman–Crippen MR) is 68.7 cm³/mol. The molecule has 2 atom stereocenters. The van der Waals surface area contributed by atoms with Gasteiger partial charge in [0.25, 0.3) is 0 Å². The van der Waals surface area contributed by atoms with Gasteiger partial charge in [-0.2, -0.15) is 0 Å². The van der Waals surface area contributed by atoms with E-state index in [4.69, 9.17) is 17.3 Å². The number of hydrogen-bond acceptors (Lipinski definition) is 2. The number of benzene rings is 1. The van der Waals surface area contributed by atoms with Gasteiger partial charge in [-0.25, -0.2) is 0 Å². The summed E-state index contributed by atoms with van der Waals surface area (Å²) in [4.78, 5) is 0. The van der Waals surface area contributed by atoms with Crippen LogP contribution < -0.4 is 5.73 Å². The van der Waals surface area contributed by atoms with Gasteiger partial charge >= 0.3 is 0 Å². The van der Waals surface area contributed by atoms with E-state index in [0.29, 0.717) is 12.5 Å². The van der Waals surface area contributed by atoms with Crippen molar-refractivity contribution in [3.63, 3.8) is 0 Å². The summed E-state index contributed by atoms with van der Waals surface area (Å²) >= 11 is 6.17. The zero-order valence-electron chi connectivity index (χ0n) is 9.70. The van der Waals surface area contributed by atoms with E-state index in [2.05, 4.69) is 13.0 Å². The molecule has 0 aliphatic carbocycles. The highest BCUT2D eigenvalue weighted by Crippen LogP contribution is 2.31. The fourth-order valence-electron chi connectivity index (χ4n) is 1.97. The summed E-state index contributed by atoms with van der Waals surface area (Å²) in [5.74, 6) is 0.552. The highest BCUT2D eigenvalue weighted by molar-refractivity contribution is 6.31. The van der Waals surface area contributed by atoms with Gasteiger partial charge in [0, 0.05) is 11.6 Å². The van der Waals surface area contributed by atoms with E-state index in [0.717, 1.165) is 17.9 Å². The molecule has 90 valence electrons. The Kier molecular flexibility index (Phi) is 5.81. The Labute approximate surface area is 102 Å². The van der Waals surface area contributed by atoms with E-state index in [1.165, 1.54) is 5.56 Å². The number of hydrogen-bond donors (Lipinski definition) is 2. The lowest BCUT2D eigenvalue weighted by Gasteiger charge is -2.21. The Morgan fingerprint density at radius 1 is 1.38 bits per heavy atom. The molecule has 2 nitrogen and oxygen atoms in total. The molecular weight excluding hydrogens is 222 g/mol. The minimum Gasteiger partial charge on any atom is -0.396 e. The first-order chi connectivity index (χ1) is 7.72. The molecule has 0 heterocycles. The molecule has 1 rings (SSSR count). The molecule has 16 heavy (non-hydrogen) atoms. The van der Waals surface area contributed by atoms with E-state index in [1.807, 2.05) is 18.2 Å². The lowest BCUT2D eigenvalue weighted by atomic mass is 9.87. The van der Waals surface area contributed by atoms with Crippen molar-refractivity contribution in [2.45, 2.75) is 25.7 Å². The number of halogens is 1. The summed E-state index contributed by atoms with van der Waals surface area (Å²) in [6.07, 6.45) is 1.91. The monoisotopic (exact) mass is 241 g/mol. The van der Waals surface area contributed by atoms with Gasteiger partial charge < -0.3 is 10.8 Å². The third-order valence-corrected chi connectivity index (χ3v) is 3.39. The molecule has 1 aromatic rings. The summed E-state index contributed by atoms with van der Waals surface area (Å²) in [6, 6.07) is 7.91. The molecule has 3 N–H and O–H groups in total. The summed E-state index contributed by atoms with van der Waals surface area (Å²) in [6.45, 7) is 2.81. The highest BCUT2D eigenvalue weighted by Gasteiger charge is 2.17. The maximum atomic E-state index is 9.17. The Hall–Kier alpha value is -0.570. The van der Waals surface area contributed by atoms with Crippen molar-refractivity contribution in [2.75, 3.05) is 13.2 Å². The molecule has 0 fully saturated rings. The van der Waals surface area contributed by atoms with Crippen LogP contribution in [-0.4, -0.2) is 18.3 Å². The molecular formula is C13H20ClNO. The normalized spacial score (nSPS) is 14.8. The first-order valence-corrected chi connectivity index (χ1v) is 6.16. The average molecular weight is 242 g/mol. The quantitative estimate of drug-likeness (QED) is 0.805. The van der Waals surface area contributed by atoms with Crippen molar-refractivity contribution < 1.29 is 5.11 Å². The van der Waals surface area contributed by atoms with Crippen molar-refractivity contribution in [1.82, 2.24) is 0 Å². The van der Waals surface area contributed by atoms with Gasteiger partial charge in [-0.15, -0.1) is 0 Å². The predicted octanol–water partition coefficient (Wildman–Crippen LogP) is 2.79. The molecule has 0 radical (unpaired) electrons. The summed E-state index contributed by atoms with van der Waals surface area (Å²) in [7, 11) is 0. The van der Waals surface area contributed by atoms with Crippen molar-refractivity contribution in [2.24, 2.45) is 11.7 Å². The van der Waals surface area contributed by atoms with Crippen molar-refractivity contribution in [3.05, 3.63) is 34.9 Å². The topological polar surface area (TPSA) is 46.2 Å². The van der Waals surface area contributed by atoms with Crippen LogP contribution in [0, 0.1) is 5.92 Å². The summed E-state index contributed by atoms with van der Waals surface area (Å²) in [5, 5.41) is 9.98. The highest BCUT2D eigenvalue weighted by atomic mass is 35.5. The largest absolute Gasteiger partial charge is 0.396 e. The third-order valence-electron chi connectivity index (χ3n) is 3.05. The number of nitrogens with two attached hydrogens (primary N) is 1. The van der Waals surface area contributed by atoms with Crippen LogP contribution in [0.5, 0.6) is 0 Å². The number of aliphatic hydroxyl groups excluding tert-OH is 1. The average Bonchev–Trinajstić information content (AvgIpc) is 2.32. The maximum absolute atomic E-state index is 9.17. The minimum absolute atomic E-state index is 0.150. The first kappa shape index (κ1) is 13.5. The smallest absolute Gasteiger partial charge is 0.0471 e. The fourth-order valence-corrected chi connectivity index (χ4v) is 2.26. The van der Waals surface area contributed by atoms with Crippen LogP contribution in [0.2, 0.25) is 5.02 Å². The zero-order chi connectivity index (χ0) is 12.0. The summed E-state index contributed by atoms with van der Waals surface area (Å²) in [5.41, 5.74) is 6.77. The van der Waals surface area contributed by atoms with E-state index < -0.39 is 0 Å². The molecule has 0 aromatic heterocycles. The molecule has 0 aliphatic heterocycles. The van der Waals surface area contributed by atoms with Gasteiger partial charge in [0.2, 0.25) is 0 Å². The first-order valence-electron chi connectivity index (χ1n) is 5.78. The summed E-state index contributed by atoms with van der Waals surface area (Å²) < 4.78 is 0. The third kappa shape index (κ3) is 3.48. The van der Waals surface area contributed by atoms with Gasteiger partial charge in [-0.3, -0.25) is 0 Å². The van der Waals surface area contributed by atoms with Crippen molar-refractivity contribution in [1.29, 1.82) is 0 Å². The van der Waals surface area contributed by atoms with E-state index in [1.54, 1.807) is 0 Å². The Bertz CT molecular complexity index is 313. The molecule has 0 amide bonds. The van der Waals surface area contributed by atoms with Crippen LogP contribution in [0.15, 0.2) is 24.3 Å². The molecule has 1 aromatic carbocycles. The van der Waals surface area contributed by atoms with Crippen molar-refractivity contribution >= 4 is 11.6 Å². The molecule has 0 spiro atoms. The maximum Gasteiger partial charge on any atom is 0.0471 e. The molecule has 0 saturated heterocycles. The SMILES string of the molecule is CCC(CC(CN)CO)c1ccccc1Cl. The molecule has 0 bridgehead atoms. The fraction of sp³-hybridized carbons (Fsp3) is 0.538. The molecule has 3 heteroatoms. The lowest BCUT2D eigenvalue weighted by molar-refractivity contribution is 0.214. The standard InChI is InChI=1S/C13H20ClNO/c1-2-11(7-10(8-15)9-16)12-5-3-4-6-13(12)14/h3-6,10-11,16H,2,7-9,15H2,1H3. The van der Waals surface area contributed by atoms with E-state index in [-0.39, 0.29) is 12.5 Å². The van der Waals surface area contributed by atoms with Crippen LogP contribution in [0.25, 0.3) is 0 Å². The van der Waals surface area contributed by atoms with Crippen LogP contribution in [0.3, 0.4) is 0 Å². The zero-order valence-corrected chi connectivity index (χ0v) is 10.5. The second-order valence-corrected chi connectivity index (χ2v) is 4.55. The van der Waals surface area contributed by atoms with Gasteiger partial charge in [-0.1, -0.05) is 36.7 Å². The van der Waals surface area contributed by atoms with E-state index >= 15 is 0 Å². The Morgan fingerprint density at radius 2 is 2.06 bits per heavy atom. The Morgan fingerprint density at radius 3 is 2.56 bits per heavy atom. The number of aliphatic hydroxyl groups is 1. The number of rotatable bonds is 6. The molecule has 0 saturated carbocycles. The van der Waals surface area contributed by atoms with Crippen molar-refractivity contribution in [3.8, 4) is 0 Å².